The molecule has 1 heterocycles. The molecule has 2 heteroatoms. The highest BCUT2D eigenvalue weighted by Gasteiger charge is 2.18. The van der Waals surface area contributed by atoms with Gasteiger partial charge in [-0.05, 0) is 105 Å². The number of hydrogen-bond acceptors (Lipinski definition) is 1. The van der Waals surface area contributed by atoms with Crippen molar-refractivity contribution >= 4 is 38.9 Å². The van der Waals surface area contributed by atoms with E-state index < -0.39 is 0 Å². The third-order valence-corrected chi connectivity index (χ3v) is 10.8. The summed E-state index contributed by atoms with van der Waals surface area (Å²) in [6.07, 6.45) is 0. The van der Waals surface area contributed by atoms with Gasteiger partial charge >= 0.3 is 0 Å². The van der Waals surface area contributed by atoms with Gasteiger partial charge in [0.1, 0.15) is 0 Å². The van der Waals surface area contributed by atoms with Gasteiger partial charge in [-0.25, -0.2) is 0 Å². The van der Waals surface area contributed by atoms with Gasteiger partial charge in [-0.3, -0.25) is 0 Å². The number of aromatic nitrogens is 1. The van der Waals surface area contributed by atoms with Crippen LogP contribution < -0.4 is 4.90 Å². The van der Waals surface area contributed by atoms with Crippen LogP contribution in [0.3, 0.4) is 0 Å². The minimum atomic E-state index is 1.10. The molecule has 0 N–H and O–H groups in total. The van der Waals surface area contributed by atoms with Crippen molar-refractivity contribution in [2.75, 3.05) is 4.90 Å². The van der Waals surface area contributed by atoms with Gasteiger partial charge in [0, 0.05) is 33.5 Å². The van der Waals surface area contributed by atoms with Crippen molar-refractivity contribution in [3.05, 3.63) is 231 Å². The Kier molecular flexibility index (Phi) is 8.55. The molecule has 264 valence electrons. The molecule has 0 radical (unpaired) electrons. The van der Waals surface area contributed by atoms with E-state index in [1.807, 2.05) is 0 Å². The van der Waals surface area contributed by atoms with E-state index in [2.05, 4.69) is 240 Å². The highest BCUT2D eigenvalue weighted by Crippen LogP contribution is 2.43. The Balaban J connectivity index is 1.03. The predicted molar refractivity (Wildman–Crippen MR) is 237 cm³/mol. The number of benzene rings is 9. The van der Waals surface area contributed by atoms with E-state index in [1.54, 1.807) is 0 Å². The van der Waals surface area contributed by atoms with Gasteiger partial charge in [-0.2, -0.15) is 0 Å². The molecule has 1 aromatic heterocycles. The van der Waals surface area contributed by atoms with Crippen molar-refractivity contribution in [2.45, 2.75) is 0 Å². The maximum absolute atomic E-state index is 2.37. The van der Waals surface area contributed by atoms with Gasteiger partial charge in [0.05, 0.1) is 11.0 Å². The molecule has 0 bridgehead atoms. The molecule has 56 heavy (non-hydrogen) atoms. The summed E-state index contributed by atoms with van der Waals surface area (Å²) in [6, 6.07) is 82.9. The summed E-state index contributed by atoms with van der Waals surface area (Å²) in [4.78, 5) is 2.33. The Morgan fingerprint density at radius 2 is 0.589 bits per heavy atom. The predicted octanol–water partition coefficient (Wildman–Crippen LogP) is 14.9. The molecule has 0 amide bonds. The molecule has 0 aliphatic rings. The summed E-state index contributed by atoms with van der Waals surface area (Å²) in [5.74, 6) is 0. The first-order valence-corrected chi connectivity index (χ1v) is 19.2. The molecule has 0 fully saturated rings. The SMILES string of the molecule is c1ccc(-c2ccccc2-c2ccccc2-c2ccccc2-c2ccc(N(c3ccccc3)c3ccc(-n4c5ccccc5c5ccccc54)cc3)cc2)cc1. The zero-order valence-corrected chi connectivity index (χ0v) is 30.8. The number of fused-ring (bicyclic) bond motifs is 3. The van der Waals surface area contributed by atoms with Crippen LogP contribution in [0, 0.1) is 0 Å². The number of hydrogen-bond donors (Lipinski definition) is 0. The van der Waals surface area contributed by atoms with E-state index in [0.717, 1.165) is 22.7 Å². The molecule has 0 spiro atoms. The second kappa shape index (κ2) is 14.4. The highest BCUT2D eigenvalue weighted by molar-refractivity contribution is 6.09. The Morgan fingerprint density at radius 1 is 0.250 bits per heavy atom. The van der Waals surface area contributed by atoms with Crippen LogP contribution in [0.1, 0.15) is 0 Å². The standard InChI is InChI=1S/C54H38N2/c1-3-17-39(18-4-1)45-21-7-9-23-47(45)49-25-11-12-26-50(49)48-24-10-8-22-46(48)40-31-33-42(34-32-40)55(41-19-5-2-6-20-41)43-35-37-44(38-36-43)56-53-29-15-13-27-51(53)52-28-14-16-30-54(52)56/h1-38H. The number of para-hydroxylation sites is 3. The summed E-state index contributed by atoms with van der Waals surface area (Å²) in [7, 11) is 0. The maximum atomic E-state index is 2.37. The number of anilines is 3. The second-order valence-corrected chi connectivity index (χ2v) is 14.1. The fourth-order valence-electron chi connectivity index (χ4n) is 8.28. The van der Waals surface area contributed by atoms with Crippen LogP contribution in [0.2, 0.25) is 0 Å². The normalized spacial score (nSPS) is 11.2. The molecular formula is C54H38N2. The molecule has 10 rings (SSSR count). The van der Waals surface area contributed by atoms with Gasteiger partial charge in [0.15, 0.2) is 0 Å². The average Bonchev–Trinajstić information content (AvgIpc) is 3.62. The van der Waals surface area contributed by atoms with E-state index >= 15 is 0 Å². The molecule has 0 saturated heterocycles. The van der Waals surface area contributed by atoms with E-state index in [0.29, 0.717) is 0 Å². The smallest absolute Gasteiger partial charge is 0.0541 e. The van der Waals surface area contributed by atoms with Crippen LogP contribution in [0.25, 0.3) is 72.0 Å². The molecule has 0 aliphatic carbocycles. The largest absolute Gasteiger partial charge is 0.311 e. The van der Waals surface area contributed by atoms with Crippen molar-refractivity contribution in [1.82, 2.24) is 4.57 Å². The zero-order chi connectivity index (χ0) is 37.3. The Hall–Kier alpha value is -7.42. The van der Waals surface area contributed by atoms with Crippen LogP contribution >= 0.6 is 0 Å². The lowest BCUT2D eigenvalue weighted by Gasteiger charge is -2.26. The highest BCUT2D eigenvalue weighted by atomic mass is 15.1. The van der Waals surface area contributed by atoms with E-state index in [1.165, 1.54) is 66.3 Å². The van der Waals surface area contributed by atoms with Crippen molar-refractivity contribution in [3.8, 4) is 50.2 Å². The first kappa shape index (κ1) is 33.2. The quantitative estimate of drug-likeness (QED) is 0.152. The molecular weight excluding hydrogens is 677 g/mol. The van der Waals surface area contributed by atoms with Crippen molar-refractivity contribution in [1.29, 1.82) is 0 Å². The number of rotatable bonds is 8. The van der Waals surface area contributed by atoms with E-state index in [-0.39, 0.29) is 0 Å². The zero-order valence-electron chi connectivity index (χ0n) is 30.8. The lowest BCUT2D eigenvalue weighted by Crippen LogP contribution is -2.10. The van der Waals surface area contributed by atoms with Crippen molar-refractivity contribution in [2.24, 2.45) is 0 Å². The average molecular weight is 715 g/mol. The van der Waals surface area contributed by atoms with Crippen molar-refractivity contribution < 1.29 is 0 Å². The van der Waals surface area contributed by atoms with Crippen LogP contribution in [-0.4, -0.2) is 4.57 Å². The third-order valence-electron chi connectivity index (χ3n) is 10.8. The molecule has 0 aliphatic heterocycles. The van der Waals surface area contributed by atoms with E-state index in [4.69, 9.17) is 0 Å². The Morgan fingerprint density at radius 3 is 1.09 bits per heavy atom. The fourth-order valence-corrected chi connectivity index (χ4v) is 8.28. The topological polar surface area (TPSA) is 8.17 Å². The van der Waals surface area contributed by atoms with Crippen molar-refractivity contribution in [3.63, 3.8) is 0 Å². The molecule has 9 aromatic carbocycles. The minimum Gasteiger partial charge on any atom is -0.311 e. The van der Waals surface area contributed by atoms with Gasteiger partial charge in [-0.15, -0.1) is 0 Å². The Labute approximate surface area is 327 Å². The van der Waals surface area contributed by atoms with Gasteiger partial charge in [0.25, 0.3) is 0 Å². The lowest BCUT2D eigenvalue weighted by atomic mass is 9.87. The molecule has 10 aromatic rings. The molecule has 0 unspecified atom stereocenters. The Bertz CT molecular complexity index is 2890. The second-order valence-electron chi connectivity index (χ2n) is 14.1. The van der Waals surface area contributed by atoms with Crippen LogP contribution in [-0.2, 0) is 0 Å². The molecule has 2 nitrogen and oxygen atoms in total. The summed E-state index contributed by atoms with van der Waals surface area (Å²) < 4.78 is 2.37. The third kappa shape index (κ3) is 5.95. The summed E-state index contributed by atoms with van der Waals surface area (Å²) in [5.41, 5.74) is 16.5. The maximum Gasteiger partial charge on any atom is 0.0541 e. The monoisotopic (exact) mass is 714 g/mol. The summed E-state index contributed by atoms with van der Waals surface area (Å²) >= 11 is 0. The van der Waals surface area contributed by atoms with Crippen LogP contribution in [0.4, 0.5) is 17.1 Å². The van der Waals surface area contributed by atoms with Gasteiger partial charge in [0.2, 0.25) is 0 Å². The van der Waals surface area contributed by atoms with Gasteiger partial charge < -0.3 is 9.47 Å². The van der Waals surface area contributed by atoms with Crippen LogP contribution in [0.15, 0.2) is 231 Å². The fraction of sp³-hybridized carbons (Fsp3) is 0. The summed E-state index contributed by atoms with van der Waals surface area (Å²) in [6.45, 7) is 0. The molecule has 0 saturated carbocycles. The van der Waals surface area contributed by atoms with Crippen LogP contribution in [0.5, 0.6) is 0 Å². The number of nitrogens with zero attached hydrogens (tertiary/aromatic N) is 2. The lowest BCUT2D eigenvalue weighted by molar-refractivity contribution is 1.17. The summed E-state index contributed by atoms with van der Waals surface area (Å²) in [5, 5.41) is 2.53. The first-order chi connectivity index (χ1) is 27.8. The molecule has 0 atom stereocenters. The minimum absolute atomic E-state index is 1.10. The van der Waals surface area contributed by atoms with Gasteiger partial charge in [-0.1, -0.05) is 170 Å². The first-order valence-electron chi connectivity index (χ1n) is 19.2. The van der Waals surface area contributed by atoms with E-state index in [9.17, 15) is 0 Å².